The highest BCUT2D eigenvalue weighted by molar-refractivity contribution is 7.93. The van der Waals surface area contributed by atoms with Crippen molar-refractivity contribution in [3.05, 3.63) is 48.0 Å². The zero-order valence-electron chi connectivity index (χ0n) is 18.3. The SMILES string of the molecule is Cc1cc(N=S2(=O)CCNCC2)cc2ncnc(Nc3ccc(F)cc3O[C@H]3CCOC3)c12. The smallest absolute Gasteiger partial charge is 0.146 e. The number of aryl methyl sites for hydroxylation is 1. The molecule has 3 heterocycles. The quantitative estimate of drug-likeness (QED) is 0.586. The number of hydrogen-bond donors (Lipinski definition) is 2. The lowest BCUT2D eigenvalue weighted by molar-refractivity contribution is 0.141. The molecule has 2 N–H and O–H groups in total. The third kappa shape index (κ3) is 4.92. The van der Waals surface area contributed by atoms with E-state index in [0.717, 1.165) is 17.4 Å². The van der Waals surface area contributed by atoms with Crippen molar-refractivity contribution in [3.63, 3.8) is 0 Å². The Labute approximate surface area is 192 Å². The van der Waals surface area contributed by atoms with Crippen LogP contribution in [-0.2, 0) is 14.5 Å². The predicted octanol–water partition coefficient (Wildman–Crippen LogP) is 3.69. The van der Waals surface area contributed by atoms with E-state index in [1.165, 1.54) is 18.5 Å². The number of fused-ring (bicyclic) bond motifs is 1. The summed E-state index contributed by atoms with van der Waals surface area (Å²) in [6, 6.07) is 8.12. The highest BCUT2D eigenvalue weighted by Crippen LogP contribution is 2.34. The highest BCUT2D eigenvalue weighted by atomic mass is 32.2. The van der Waals surface area contributed by atoms with Crippen molar-refractivity contribution in [3.8, 4) is 5.75 Å². The summed E-state index contributed by atoms with van der Waals surface area (Å²) in [7, 11) is -2.27. The van der Waals surface area contributed by atoms with Crippen molar-refractivity contribution in [2.75, 3.05) is 43.1 Å². The fourth-order valence-corrected chi connectivity index (χ4v) is 5.91. The van der Waals surface area contributed by atoms with Crippen molar-refractivity contribution in [2.45, 2.75) is 19.4 Å². The summed E-state index contributed by atoms with van der Waals surface area (Å²) in [4.78, 5) is 8.84. The molecule has 33 heavy (non-hydrogen) atoms. The van der Waals surface area contributed by atoms with E-state index in [1.54, 1.807) is 6.07 Å². The van der Waals surface area contributed by atoms with Crippen LogP contribution in [0.5, 0.6) is 5.75 Å². The van der Waals surface area contributed by atoms with Gasteiger partial charge in [0.2, 0.25) is 0 Å². The van der Waals surface area contributed by atoms with Gasteiger partial charge in [0.15, 0.2) is 0 Å². The number of nitrogens with zero attached hydrogens (tertiary/aromatic N) is 3. The highest BCUT2D eigenvalue weighted by Gasteiger charge is 2.20. The Balaban J connectivity index is 1.50. The first-order chi connectivity index (χ1) is 16.0. The van der Waals surface area contributed by atoms with Gasteiger partial charge in [-0.1, -0.05) is 0 Å². The second kappa shape index (κ2) is 9.20. The fourth-order valence-electron chi connectivity index (χ4n) is 4.10. The van der Waals surface area contributed by atoms with Gasteiger partial charge in [-0.15, -0.1) is 0 Å². The summed E-state index contributed by atoms with van der Waals surface area (Å²) < 4.78 is 42.9. The molecular weight excluding hydrogens is 445 g/mol. The number of anilines is 2. The maximum Gasteiger partial charge on any atom is 0.146 e. The largest absolute Gasteiger partial charge is 0.486 e. The van der Waals surface area contributed by atoms with Gasteiger partial charge < -0.3 is 20.1 Å². The van der Waals surface area contributed by atoms with Crippen LogP contribution in [0, 0.1) is 12.7 Å². The lowest BCUT2D eigenvalue weighted by Gasteiger charge is -2.18. The Morgan fingerprint density at radius 1 is 1.24 bits per heavy atom. The monoisotopic (exact) mass is 471 g/mol. The van der Waals surface area contributed by atoms with Gasteiger partial charge in [-0.25, -0.2) is 18.6 Å². The molecule has 0 radical (unpaired) electrons. The lowest BCUT2D eigenvalue weighted by Crippen LogP contribution is -2.35. The Kier molecular flexibility index (Phi) is 6.13. The second-order valence-electron chi connectivity index (χ2n) is 8.27. The van der Waals surface area contributed by atoms with Crippen LogP contribution in [0.4, 0.5) is 21.6 Å². The van der Waals surface area contributed by atoms with E-state index >= 15 is 0 Å². The van der Waals surface area contributed by atoms with Gasteiger partial charge in [0.25, 0.3) is 0 Å². The van der Waals surface area contributed by atoms with Gasteiger partial charge in [0, 0.05) is 42.5 Å². The predicted molar refractivity (Wildman–Crippen MR) is 127 cm³/mol. The summed E-state index contributed by atoms with van der Waals surface area (Å²) in [6.45, 7) is 4.48. The van der Waals surface area contributed by atoms with E-state index in [0.29, 0.717) is 66.3 Å². The minimum absolute atomic E-state index is 0.114. The Morgan fingerprint density at radius 2 is 2.09 bits per heavy atom. The average Bonchev–Trinajstić information content (AvgIpc) is 3.29. The van der Waals surface area contributed by atoms with Gasteiger partial charge in [-0.2, -0.15) is 4.36 Å². The van der Waals surface area contributed by atoms with Crippen LogP contribution in [0.1, 0.15) is 12.0 Å². The van der Waals surface area contributed by atoms with E-state index < -0.39 is 9.73 Å². The Bertz CT molecular complexity index is 1290. The maximum absolute atomic E-state index is 13.9. The summed E-state index contributed by atoms with van der Waals surface area (Å²) in [6.07, 6.45) is 2.11. The molecule has 2 aliphatic heterocycles. The topological polar surface area (TPSA) is 97.7 Å². The van der Waals surface area contributed by atoms with Gasteiger partial charge in [0.1, 0.15) is 29.8 Å². The molecule has 8 nitrogen and oxygen atoms in total. The van der Waals surface area contributed by atoms with E-state index in [1.807, 2.05) is 19.1 Å². The molecule has 2 aliphatic rings. The molecule has 0 amide bonds. The molecule has 2 fully saturated rings. The molecule has 5 rings (SSSR count). The summed E-state index contributed by atoms with van der Waals surface area (Å²) in [5.41, 5.74) is 2.86. The molecule has 2 saturated heterocycles. The number of hydrogen-bond acceptors (Lipinski definition) is 8. The summed E-state index contributed by atoms with van der Waals surface area (Å²) >= 11 is 0. The molecule has 1 aromatic heterocycles. The Hall–Kier alpha value is -2.82. The van der Waals surface area contributed by atoms with Crippen molar-refractivity contribution < 1.29 is 18.1 Å². The van der Waals surface area contributed by atoms with E-state index in [4.69, 9.17) is 9.47 Å². The van der Waals surface area contributed by atoms with E-state index in [-0.39, 0.29) is 11.9 Å². The van der Waals surface area contributed by atoms with Crippen molar-refractivity contribution in [1.82, 2.24) is 15.3 Å². The Morgan fingerprint density at radius 3 is 2.88 bits per heavy atom. The van der Waals surface area contributed by atoms with Gasteiger partial charge in [-0.05, 0) is 36.8 Å². The first-order valence-electron chi connectivity index (χ1n) is 11.0. The van der Waals surface area contributed by atoms with Crippen LogP contribution < -0.4 is 15.4 Å². The van der Waals surface area contributed by atoms with Crippen LogP contribution in [0.3, 0.4) is 0 Å². The van der Waals surface area contributed by atoms with Crippen LogP contribution >= 0.6 is 0 Å². The first kappa shape index (κ1) is 22.0. The molecule has 0 aliphatic carbocycles. The minimum Gasteiger partial charge on any atom is -0.486 e. The lowest BCUT2D eigenvalue weighted by atomic mass is 10.1. The molecule has 0 saturated carbocycles. The second-order valence-corrected chi connectivity index (χ2v) is 10.8. The minimum atomic E-state index is -2.27. The molecule has 10 heteroatoms. The summed E-state index contributed by atoms with van der Waals surface area (Å²) in [5.74, 6) is 1.69. The zero-order chi connectivity index (χ0) is 22.8. The molecule has 0 bridgehead atoms. The average molecular weight is 472 g/mol. The van der Waals surface area contributed by atoms with Crippen LogP contribution in [0.25, 0.3) is 10.9 Å². The van der Waals surface area contributed by atoms with Gasteiger partial charge in [-0.3, -0.25) is 0 Å². The molecular formula is C23H26FN5O3S. The van der Waals surface area contributed by atoms with Crippen molar-refractivity contribution in [2.24, 2.45) is 4.36 Å². The number of nitrogens with one attached hydrogen (secondary N) is 2. The third-order valence-electron chi connectivity index (χ3n) is 5.77. The number of ether oxygens (including phenoxy) is 2. The molecule has 0 unspecified atom stereocenters. The first-order valence-corrected chi connectivity index (χ1v) is 12.8. The van der Waals surface area contributed by atoms with Crippen LogP contribution in [0.2, 0.25) is 0 Å². The number of halogens is 1. The number of rotatable bonds is 5. The van der Waals surface area contributed by atoms with Gasteiger partial charge in [0.05, 0.1) is 39.8 Å². The molecule has 0 spiro atoms. The zero-order valence-corrected chi connectivity index (χ0v) is 19.2. The van der Waals surface area contributed by atoms with E-state index in [2.05, 4.69) is 25.0 Å². The van der Waals surface area contributed by atoms with Crippen molar-refractivity contribution in [1.29, 1.82) is 0 Å². The summed E-state index contributed by atoms with van der Waals surface area (Å²) in [5, 5.41) is 7.32. The maximum atomic E-state index is 13.9. The normalized spacial score (nSPS) is 20.0. The third-order valence-corrected chi connectivity index (χ3v) is 7.99. The standard InChI is InChI=1S/C23H26FN5O3S/c1-15-10-17(29-33(30)8-5-25-6-9-33)12-20-22(15)23(27-14-26-20)28-19-3-2-16(24)11-21(19)32-18-4-7-31-13-18/h2-3,10-12,14,18,25H,4-9,13H2,1H3,(H,26,27,28)/t18-/m0/s1. The number of aromatic nitrogens is 2. The van der Waals surface area contributed by atoms with Crippen molar-refractivity contribution >= 4 is 37.8 Å². The molecule has 2 aromatic carbocycles. The fraction of sp³-hybridized carbons (Fsp3) is 0.391. The molecule has 3 aromatic rings. The molecule has 174 valence electrons. The number of benzene rings is 2. The van der Waals surface area contributed by atoms with Gasteiger partial charge >= 0.3 is 0 Å². The van der Waals surface area contributed by atoms with Crippen LogP contribution in [0.15, 0.2) is 41.0 Å². The van der Waals surface area contributed by atoms with Crippen LogP contribution in [-0.4, -0.2) is 58.1 Å². The van der Waals surface area contributed by atoms with E-state index in [9.17, 15) is 8.60 Å². The molecule has 1 atom stereocenters.